The lowest BCUT2D eigenvalue weighted by molar-refractivity contribution is -0.140. The van der Waals surface area contributed by atoms with Crippen LogP contribution in [0.15, 0.2) is 12.2 Å². The largest absolute Gasteiger partial charge is 0.454 e. The number of rotatable bonds is 3. The van der Waals surface area contributed by atoms with Crippen molar-refractivity contribution in [3.05, 3.63) is 12.2 Å². The van der Waals surface area contributed by atoms with Crippen LogP contribution in [0.25, 0.3) is 0 Å². The lowest BCUT2D eigenvalue weighted by Gasteiger charge is -1.94. The van der Waals surface area contributed by atoms with Crippen molar-refractivity contribution >= 4 is 12.3 Å². The number of nitrogens with zero attached hydrogens (tertiary/aromatic N) is 1. The van der Waals surface area contributed by atoms with Crippen LogP contribution in [-0.2, 0) is 14.3 Å². The molecule has 0 fully saturated rings. The van der Waals surface area contributed by atoms with E-state index in [1.54, 1.807) is 0 Å². The Hall–Kier alpha value is -1.63. The van der Waals surface area contributed by atoms with Gasteiger partial charge in [-0.3, -0.25) is 4.79 Å². The van der Waals surface area contributed by atoms with Crippen molar-refractivity contribution in [1.29, 1.82) is 5.26 Å². The molecule has 4 nitrogen and oxygen atoms in total. The fourth-order valence-corrected chi connectivity index (χ4v) is 0.242. The van der Waals surface area contributed by atoms with Gasteiger partial charge in [0.15, 0.2) is 6.29 Å². The van der Waals surface area contributed by atoms with Gasteiger partial charge in [-0.1, -0.05) is 6.58 Å². The van der Waals surface area contributed by atoms with Crippen LogP contribution in [0.4, 0.5) is 0 Å². The van der Waals surface area contributed by atoms with Gasteiger partial charge in [-0.15, -0.1) is 0 Å². The monoisotopic (exact) mass is 139 g/mol. The first-order valence-electron chi connectivity index (χ1n) is 2.42. The highest BCUT2D eigenvalue weighted by molar-refractivity contribution is 5.92. The Bertz CT molecular complexity index is 202. The Kier molecular flexibility index (Phi) is 3.57. The lowest BCUT2D eigenvalue weighted by atomic mass is 10.3. The van der Waals surface area contributed by atoms with Crippen molar-refractivity contribution < 1.29 is 14.3 Å². The molecule has 0 aromatic rings. The van der Waals surface area contributed by atoms with Crippen LogP contribution in [0.2, 0.25) is 0 Å². The number of aldehydes is 1. The number of esters is 1. The minimum absolute atomic E-state index is 0.304. The molecule has 0 heterocycles. The zero-order chi connectivity index (χ0) is 7.98. The Balaban J connectivity index is 3.76. The second-order valence-electron chi connectivity index (χ2n) is 1.36. The predicted molar refractivity (Wildman–Crippen MR) is 31.8 cm³/mol. The fraction of sp³-hybridized carbons (Fsp3) is 0.167. The lowest BCUT2D eigenvalue weighted by Crippen LogP contribution is -2.07. The Morgan fingerprint density at radius 3 is 2.80 bits per heavy atom. The van der Waals surface area contributed by atoms with Gasteiger partial charge in [0.1, 0.15) is 18.2 Å². The van der Waals surface area contributed by atoms with E-state index in [-0.39, 0.29) is 12.2 Å². The quantitative estimate of drug-likeness (QED) is 0.235. The van der Waals surface area contributed by atoms with E-state index in [4.69, 9.17) is 5.26 Å². The molecule has 0 aliphatic carbocycles. The number of carbonyl (C=O) groups is 2. The van der Waals surface area contributed by atoms with E-state index < -0.39 is 5.97 Å². The average molecular weight is 139 g/mol. The summed E-state index contributed by atoms with van der Waals surface area (Å²) in [5.41, 5.74) is -0.304. The first-order chi connectivity index (χ1) is 4.72. The van der Waals surface area contributed by atoms with E-state index in [2.05, 4.69) is 11.3 Å². The van der Waals surface area contributed by atoms with E-state index in [1.165, 1.54) is 6.07 Å². The molecule has 10 heavy (non-hydrogen) atoms. The fourth-order valence-electron chi connectivity index (χ4n) is 0.242. The minimum Gasteiger partial charge on any atom is -0.454 e. The summed E-state index contributed by atoms with van der Waals surface area (Å²) >= 11 is 0. The highest BCUT2D eigenvalue weighted by Crippen LogP contribution is 1.89. The smallest absolute Gasteiger partial charge is 0.348 e. The molecule has 0 N–H and O–H groups in total. The van der Waals surface area contributed by atoms with Gasteiger partial charge in [0, 0.05) is 0 Å². The molecule has 0 bridgehead atoms. The van der Waals surface area contributed by atoms with E-state index in [0.717, 1.165) is 0 Å². The molecule has 0 aromatic heterocycles. The maximum Gasteiger partial charge on any atom is 0.348 e. The third-order valence-corrected chi connectivity index (χ3v) is 0.664. The van der Waals surface area contributed by atoms with Crippen molar-refractivity contribution in [2.24, 2.45) is 0 Å². The molecule has 0 radical (unpaired) electrons. The number of carbonyl (C=O) groups excluding carboxylic acids is 2. The summed E-state index contributed by atoms with van der Waals surface area (Å²) in [4.78, 5) is 20.1. The second-order valence-corrected chi connectivity index (χ2v) is 1.36. The van der Waals surface area contributed by atoms with Crippen molar-refractivity contribution in [3.8, 4) is 6.07 Å². The highest BCUT2D eigenvalue weighted by atomic mass is 16.5. The van der Waals surface area contributed by atoms with Gasteiger partial charge in [0.25, 0.3) is 0 Å². The molecule has 0 saturated heterocycles. The van der Waals surface area contributed by atoms with Crippen molar-refractivity contribution in [3.63, 3.8) is 0 Å². The molecule has 0 saturated carbocycles. The molecule has 0 amide bonds. The normalized spacial score (nSPS) is 7.50. The molecule has 0 rings (SSSR count). The zero-order valence-corrected chi connectivity index (χ0v) is 5.16. The summed E-state index contributed by atoms with van der Waals surface area (Å²) in [7, 11) is 0. The molecule has 0 aromatic carbocycles. The number of ether oxygens (including phenoxy) is 1. The van der Waals surface area contributed by atoms with Crippen LogP contribution in [-0.4, -0.2) is 18.9 Å². The van der Waals surface area contributed by atoms with Gasteiger partial charge in [0.2, 0.25) is 0 Å². The van der Waals surface area contributed by atoms with Crippen LogP contribution < -0.4 is 0 Å². The van der Waals surface area contributed by atoms with Crippen LogP contribution in [0.3, 0.4) is 0 Å². The van der Waals surface area contributed by atoms with Gasteiger partial charge in [-0.25, -0.2) is 4.79 Å². The van der Waals surface area contributed by atoms with E-state index >= 15 is 0 Å². The first-order valence-corrected chi connectivity index (χ1v) is 2.42. The standard InChI is InChI=1S/C6H5NO3/c1-5(4-7)6(9)10-3-2-8/h2H,1,3H2. The van der Waals surface area contributed by atoms with Crippen molar-refractivity contribution in [1.82, 2.24) is 0 Å². The molecule has 0 atom stereocenters. The molecular weight excluding hydrogens is 134 g/mol. The highest BCUT2D eigenvalue weighted by Gasteiger charge is 2.05. The SMILES string of the molecule is C=C(C#N)C(=O)OCC=O. The van der Waals surface area contributed by atoms with Crippen LogP contribution in [0.1, 0.15) is 0 Å². The molecule has 4 heteroatoms. The van der Waals surface area contributed by atoms with Crippen LogP contribution in [0, 0.1) is 11.3 Å². The van der Waals surface area contributed by atoms with E-state index in [9.17, 15) is 9.59 Å². The minimum atomic E-state index is -0.852. The van der Waals surface area contributed by atoms with Crippen molar-refractivity contribution in [2.75, 3.05) is 6.61 Å². The summed E-state index contributed by atoms with van der Waals surface area (Å²) in [6, 6.07) is 1.49. The van der Waals surface area contributed by atoms with Gasteiger partial charge in [-0.2, -0.15) is 5.26 Å². The third-order valence-electron chi connectivity index (χ3n) is 0.664. The van der Waals surface area contributed by atoms with Gasteiger partial charge < -0.3 is 4.74 Å². The number of hydrogen-bond donors (Lipinski definition) is 0. The van der Waals surface area contributed by atoms with Crippen molar-refractivity contribution in [2.45, 2.75) is 0 Å². The average Bonchev–Trinajstić information content (AvgIpc) is 1.98. The Morgan fingerprint density at radius 2 is 2.40 bits per heavy atom. The molecule has 0 aliphatic heterocycles. The molecule has 52 valence electrons. The van der Waals surface area contributed by atoms with Crippen LogP contribution in [0.5, 0.6) is 0 Å². The van der Waals surface area contributed by atoms with Crippen LogP contribution >= 0.6 is 0 Å². The third kappa shape index (κ3) is 2.62. The topological polar surface area (TPSA) is 67.2 Å². The Labute approximate surface area is 57.7 Å². The summed E-state index contributed by atoms with van der Waals surface area (Å²) in [6.45, 7) is 2.74. The number of nitriles is 1. The van der Waals surface area contributed by atoms with Gasteiger partial charge in [0.05, 0.1) is 0 Å². The van der Waals surface area contributed by atoms with Gasteiger partial charge >= 0.3 is 5.97 Å². The maximum atomic E-state index is 10.4. The van der Waals surface area contributed by atoms with E-state index in [0.29, 0.717) is 6.29 Å². The summed E-state index contributed by atoms with van der Waals surface area (Å²) in [5.74, 6) is -0.852. The molecule has 0 unspecified atom stereocenters. The summed E-state index contributed by atoms with van der Waals surface area (Å²) in [5, 5.41) is 8.07. The summed E-state index contributed by atoms with van der Waals surface area (Å²) < 4.78 is 4.21. The van der Waals surface area contributed by atoms with Gasteiger partial charge in [-0.05, 0) is 0 Å². The molecule has 0 aliphatic rings. The predicted octanol–water partition coefficient (Wildman–Crippen LogP) is -0.192. The second kappa shape index (κ2) is 4.27. The van der Waals surface area contributed by atoms with E-state index in [1.807, 2.05) is 0 Å². The molecular formula is C6H5NO3. The maximum absolute atomic E-state index is 10.4. The summed E-state index contributed by atoms with van der Waals surface area (Å²) in [6.07, 6.45) is 0.419. The molecule has 0 spiro atoms. The number of hydrogen-bond acceptors (Lipinski definition) is 4. The first kappa shape index (κ1) is 8.37. The zero-order valence-electron chi connectivity index (χ0n) is 5.16. The Morgan fingerprint density at radius 1 is 1.80 bits per heavy atom.